The second-order valence-electron chi connectivity index (χ2n) is 7.26. The summed E-state index contributed by atoms with van der Waals surface area (Å²) in [6.45, 7) is 8.38. The fourth-order valence-corrected chi connectivity index (χ4v) is 3.79. The van der Waals surface area contributed by atoms with Crippen LogP contribution in [0.1, 0.15) is 26.3 Å². The van der Waals surface area contributed by atoms with Crippen molar-refractivity contribution in [2.75, 3.05) is 24.5 Å². The second-order valence-corrected chi connectivity index (χ2v) is 7.26. The third kappa shape index (κ3) is 1.92. The molecule has 6 heteroatoms. The summed E-state index contributed by atoms with van der Waals surface area (Å²) in [4.78, 5) is 19.2. The third-order valence-electron chi connectivity index (χ3n) is 5.28. The van der Waals surface area contributed by atoms with Gasteiger partial charge in [-0.15, -0.1) is 0 Å². The zero-order valence-corrected chi connectivity index (χ0v) is 13.1. The van der Waals surface area contributed by atoms with Crippen LogP contribution in [0.15, 0.2) is 18.5 Å². The Morgan fingerprint density at radius 2 is 2.18 bits per heavy atom. The van der Waals surface area contributed by atoms with E-state index in [2.05, 4.69) is 36.7 Å². The average Bonchev–Trinajstić information content (AvgIpc) is 2.74. The minimum Gasteiger partial charge on any atom is -0.465 e. The summed E-state index contributed by atoms with van der Waals surface area (Å²) >= 11 is 0. The van der Waals surface area contributed by atoms with Crippen molar-refractivity contribution in [1.82, 2.24) is 9.88 Å². The summed E-state index contributed by atoms with van der Waals surface area (Å²) in [7, 11) is 0. The quantitative estimate of drug-likeness (QED) is 0.859. The molecule has 2 saturated heterocycles. The van der Waals surface area contributed by atoms with Crippen molar-refractivity contribution in [1.29, 1.82) is 5.26 Å². The fraction of sp³-hybridized carbons (Fsp3) is 0.562. The molecule has 2 aliphatic rings. The Morgan fingerprint density at radius 3 is 2.77 bits per heavy atom. The van der Waals surface area contributed by atoms with E-state index in [1.54, 1.807) is 12.4 Å². The van der Waals surface area contributed by atoms with E-state index in [0.29, 0.717) is 18.7 Å². The first-order valence-electron chi connectivity index (χ1n) is 7.38. The lowest BCUT2D eigenvalue weighted by Crippen LogP contribution is -2.69. The number of carbonyl (C=O) groups is 1. The van der Waals surface area contributed by atoms with Crippen molar-refractivity contribution in [3.63, 3.8) is 0 Å². The highest BCUT2D eigenvalue weighted by molar-refractivity contribution is 5.67. The molecule has 0 radical (unpaired) electrons. The van der Waals surface area contributed by atoms with Crippen LogP contribution in [0.25, 0.3) is 0 Å². The maximum Gasteiger partial charge on any atom is 0.407 e. The number of anilines is 1. The van der Waals surface area contributed by atoms with Crippen LogP contribution in [0, 0.1) is 22.2 Å². The zero-order chi connectivity index (χ0) is 16.1. The van der Waals surface area contributed by atoms with Crippen LogP contribution in [0.5, 0.6) is 0 Å². The molecule has 0 unspecified atom stereocenters. The summed E-state index contributed by atoms with van der Waals surface area (Å²) in [5.41, 5.74) is 1.39. The summed E-state index contributed by atoms with van der Waals surface area (Å²) in [5, 5.41) is 18.4. The Morgan fingerprint density at radius 1 is 1.45 bits per heavy atom. The summed E-state index contributed by atoms with van der Waals surface area (Å²) < 4.78 is 0. The van der Waals surface area contributed by atoms with Gasteiger partial charge < -0.3 is 14.9 Å². The van der Waals surface area contributed by atoms with E-state index >= 15 is 0 Å². The molecule has 0 aliphatic carbocycles. The van der Waals surface area contributed by atoms with Gasteiger partial charge in [-0.05, 0) is 11.5 Å². The molecule has 2 aliphatic heterocycles. The van der Waals surface area contributed by atoms with E-state index in [1.165, 1.54) is 4.90 Å². The number of aromatic nitrogens is 1. The molecule has 1 amide bonds. The van der Waals surface area contributed by atoms with Gasteiger partial charge in [-0.1, -0.05) is 20.8 Å². The van der Waals surface area contributed by atoms with Gasteiger partial charge in [-0.3, -0.25) is 4.98 Å². The summed E-state index contributed by atoms with van der Waals surface area (Å²) in [5.74, 6) is 0. The lowest BCUT2D eigenvalue weighted by molar-refractivity contribution is 0.0309. The van der Waals surface area contributed by atoms with Crippen molar-refractivity contribution < 1.29 is 9.90 Å². The van der Waals surface area contributed by atoms with Crippen molar-refractivity contribution in [3.8, 4) is 6.07 Å². The van der Waals surface area contributed by atoms with Crippen LogP contribution in [0.2, 0.25) is 0 Å². The van der Waals surface area contributed by atoms with Crippen molar-refractivity contribution in [3.05, 3.63) is 24.0 Å². The van der Waals surface area contributed by atoms with Crippen LogP contribution < -0.4 is 4.90 Å². The van der Waals surface area contributed by atoms with Crippen molar-refractivity contribution in [2.45, 2.75) is 26.8 Å². The van der Waals surface area contributed by atoms with Crippen LogP contribution in [0.4, 0.5) is 10.5 Å². The number of nitrogens with zero attached hydrogens (tertiary/aromatic N) is 4. The van der Waals surface area contributed by atoms with E-state index < -0.39 is 6.09 Å². The molecule has 3 heterocycles. The standard InChI is InChI=1S/C16H20N4O2/c1-15(2,3)16-9-19(14(21)22)8-13(16)20(10-16)12-4-11(5-17)6-18-7-12/h4,6-7,13H,8-10H2,1-3H3,(H,21,22)/t13-,16+/m1/s1. The monoisotopic (exact) mass is 300 g/mol. The molecule has 22 heavy (non-hydrogen) atoms. The molecule has 1 aromatic heterocycles. The van der Waals surface area contributed by atoms with Crippen molar-refractivity contribution >= 4 is 11.8 Å². The van der Waals surface area contributed by atoms with Gasteiger partial charge in [0.1, 0.15) is 6.07 Å². The highest BCUT2D eigenvalue weighted by Gasteiger charge is 2.64. The second kappa shape index (κ2) is 4.60. The predicted octanol–water partition coefficient (Wildman–Crippen LogP) is 2.17. The van der Waals surface area contributed by atoms with E-state index in [4.69, 9.17) is 5.26 Å². The molecular formula is C16H20N4O2. The molecule has 0 spiro atoms. The normalized spacial score (nSPS) is 27.1. The molecule has 0 bridgehead atoms. The van der Waals surface area contributed by atoms with Gasteiger partial charge >= 0.3 is 6.09 Å². The molecule has 116 valence electrons. The van der Waals surface area contributed by atoms with Crippen LogP contribution in [0.3, 0.4) is 0 Å². The topological polar surface area (TPSA) is 80.5 Å². The fourth-order valence-electron chi connectivity index (χ4n) is 3.79. The lowest BCUT2D eigenvalue weighted by Gasteiger charge is -2.60. The van der Waals surface area contributed by atoms with E-state index in [1.807, 2.05) is 6.07 Å². The maximum absolute atomic E-state index is 11.4. The number of rotatable bonds is 1. The van der Waals surface area contributed by atoms with Crippen LogP contribution in [-0.4, -0.2) is 46.8 Å². The Bertz CT molecular complexity index is 661. The van der Waals surface area contributed by atoms with Crippen LogP contribution >= 0.6 is 0 Å². The molecule has 2 fully saturated rings. The number of hydrogen-bond acceptors (Lipinski definition) is 4. The SMILES string of the molecule is CC(C)(C)[C@]12CN(C(=O)O)C[C@H]1N(c1cncc(C#N)c1)C2. The number of amides is 1. The first-order chi connectivity index (χ1) is 10.3. The highest BCUT2D eigenvalue weighted by Crippen LogP contribution is 2.55. The van der Waals surface area contributed by atoms with Crippen molar-refractivity contribution in [2.24, 2.45) is 10.8 Å². The van der Waals surface area contributed by atoms with Gasteiger partial charge in [0.05, 0.1) is 23.5 Å². The van der Waals surface area contributed by atoms with Gasteiger partial charge in [0.15, 0.2) is 0 Å². The van der Waals surface area contributed by atoms with E-state index in [0.717, 1.165) is 12.2 Å². The van der Waals surface area contributed by atoms with Gasteiger partial charge in [0.25, 0.3) is 0 Å². The number of pyridine rings is 1. The number of likely N-dealkylation sites (tertiary alicyclic amines) is 1. The third-order valence-corrected chi connectivity index (χ3v) is 5.28. The minimum atomic E-state index is -0.859. The maximum atomic E-state index is 11.4. The Kier molecular flexibility index (Phi) is 3.06. The Hall–Kier alpha value is -2.29. The van der Waals surface area contributed by atoms with Gasteiger partial charge in [0, 0.05) is 31.2 Å². The van der Waals surface area contributed by atoms with Crippen LogP contribution in [-0.2, 0) is 0 Å². The predicted molar refractivity (Wildman–Crippen MR) is 81.6 cm³/mol. The molecular weight excluding hydrogens is 280 g/mol. The number of fused-ring (bicyclic) bond motifs is 1. The van der Waals surface area contributed by atoms with Gasteiger partial charge in [0.2, 0.25) is 0 Å². The molecule has 0 aromatic carbocycles. The smallest absolute Gasteiger partial charge is 0.407 e. The van der Waals surface area contributed by atoms with Gasteiger partial charge in [-0.2, -0.15) is 5.26 Å². The molecule has 2 atom stereocenters. The first kappa shape index (κ1) is 14.6. The molecule has 1 aromatic rings. The number of carboxylic acid groups (broad SMARTS) is 1. The van der Waals surface area contributed by atoms with Gasteiger partial charge in [-0.25, -0.2) is 4.79 Å². The molecule has 3 rings (SSSR count). The number of nitriles is 1. The minimum absolute atomic E-state index is 0.0125. The zero-order valence-electron chi connectivity index (χ0n) is 13.1. The Balaban J connectivity index is 1.93. The molecule has 6 nitrogen and oxygen atoms in total. The highest BCUT2D eigenvalue weighted by atomic mass is 16.4. The molecule has 0 saturated carbocycles. The first-order valence-corrected chi connectivity index (χ1v) is 7.38. The Labute approximate surface area is 130 Å². The lowest BCUT2D eigenvalue weighted by atomic mass is 9.58. The van der Waals surface area contributed by atoms with E-state index in [-0.39, 0.29) is 16.9 Å². The van der Waals surface area contributed by atoms with E-state index in [9.17, 15) is 9.90 Å². The summed E-state index contributed by atoms with van der Waals surface area (Å²) in [6.07, 6.45) is 2.43. The average molecular weight is 300 g/mol. The summed E-state index contributed by atoms with van der Waals surface area (Å²) in [6, 6.07) is 4.06. The molecule has 1 N–H and O–H groups in total. The number of hydrogen-bond donors (Lipinski definition) is 1. The largest absolute Gasteiger partial charge is 0.465 e.